The van der Waals surface area contributed by atoms with Crippen molar-refractivity contribution in [3.05, 3.63) is 46.7 Å². The molecular formula is C20H27ClN4O. The van der Waals surface area contributed by atoms with Crippen LogP contribution in [0.5, 0.6) is 0 Å². The second-order valence-electron chi connectivity index (χ2n) is 7.30. The lowest BCUT2D eigenvalue weighted by molar-refractivity contribution is 0.0672. The Morgan fingerprint density at radius 1 is 1.35 bits per heavy atom. The van der Waals surface area contributed by atoms with Gasteiger partial charge in [0, 0.05) is 18.1 Å². The molecule has 1 saturated heterocycles. The summed E-state index contributed by atoms with van der Waals surface area (Å²) < 4.78 is 1.86. The number of carbonyl (C=O) groups excluding carboxylic acids is 1. The number of amides is 1. The lowest BCUT2D eigenvalue weighted by Crippen LogP contribution is -2.42. The van der Waals surface area contributed by atoms with Crippen molar-refractivity contribution in [1.82, 2.24) is 20.0 Å². The normalized spacial score (nSPS) is 17.7. The van der Waals surface area contributed by atoms with Crippen LogP contribution in [0.15, 0.2) is 30.5 Å². The third kappa shape index (κ3) is 3.94. The Labute approximate surface area is 160 Å². The highest BCUT2D eigenvalue weighted by molar-refractivity contribution is 6.30. The molecule has 1 aliphatic rings. The Morgan fingerprint density at radius 3 is 2.73 bits per heavy atom. The highest BCUT2D eigenvalue weighted by Gasteiger charge is 2.28. The molecule has 2 aromatic rings. The van der Waals surface area contributed by atoms with Gasteiger partial charge in [0.1, 0.15) is 0 Å². The Hall–Kier alpha value is -1.85. The van der Waals surface area contributed by atoms with Gasteiger partial charge < -0.3 is 10.2 Å². The standard InChI is InChI=1S/C20H27ClN4O/c1-14(2)19-18(12-23-25(19)17-8-6-16(21)7-9-17)20(26)24-10-4-5-15(13-24)11-22-3/h6-9,12,14-15,22H,4-5,10-11,13H2,1-3H3. The summed E-state index contributed by atoms with van der Waals surface area (Å²) in [5, 5.41) is 8.44. The van der Waals surface area contributed by atoms with Gasteiger partial charge in [0.25, 0.3) is 5.91 Å². The summed E-state index contributed by atoms with van der Waals surface area (Å²) in [4.78, 5) is 15.2. The van der Waals surface area contributed by atoms with Crippen LogP contribution in [0.2, 0.25) is 5.02 Å². The molecule has 1 N–H and O–H groups in total. The van der Waals surface area contributed by atoms with Crippen LogP contribution in [0.3, 0.4) is 0 Å². The molecule has 0 radical (unpaired) electrons. The molecule has 0 spiro atoms. The molecule has 1 amide bonds. The van der Waals surface area contributed by atoms with E-state index in [0.717, 1.165) is 37.4 Å². The molecule has 1 aliphatic heterocycles. The number of aromatic nitrogens is 2. The Balaban J connectivity index is 1.90. The topological polar surface area (TPSA) is 50.2 Å². The summed E-state index contributed by atoms with van der Waals surface area (Å²) in [5.41, 5.74) is 2.58. The second-order valence-corrected chi connectivity index (χ2v) is 7.74. The fraction of sp³-hybridized carbons (Fsp3) is 0.500. The van der Waals surface area contributed by atoms with Crippen molar-refractivity contribution in [3.63, 3.8) is 0 Å². The van der Waals surface area contributed by atoms with Crippen LogP contribution in [0, 0.1) is 5.92 Å². The molecule has 3 rings (SSSR count). The zero-order valence-electron chi connectivity index (χ0n) is 15.7. The number of nitrogens with zero attached hydrogens (tertiary/aromatic N) is 3. The van der Waals surface area contributed by atoms with Gasteiger partial charge in [-0.25, -0.2) is 4.68 Å². The molecule has 5 nitrogen and oxygen atoms in total. The predicted molar refractivity (Wildman–Crippen MR) is 105 cm³/mol. The molecule has 0 bridgehead atoms. The minimum atomic E-state index is 0.0923. The second kappa shape index (κ2) is 8.23. The van der Waals surface area contributed by atoms with Crippen molar-refractivity contribution in [2.24, 2.45) is 5.92 Å². The molecule has 1 unspecified atom stereocenters. The van der Waals surface area contributed by atoms with Crippen LogP contribution in [-0.2, 0) is 0 Å². The zero-order valence-corrected chi connectivity index (χ0v) is 16.5. The molecule has 0 aliphatic carbocycles. The van der Waals surface area contributed by atoms with Crippen molar-refractivity contribution in [3.8, 4) is 5.69 Å². The summed E-state index contributed by atoms with van der Waals surface area (Å²) in [5.74, 6) is 0.797. The lowest BCUT2D eigenvalue weighted by atomic mass is 9.96. The van der Waals surface area contributed by atoms with E-state index in [9.17, 15) is 4.79 Å². The van der Waals surface area contributed by atoms with Gasteiger partial charge in [-0.05, 0) is 62.5 Å². The van der Waals surface area contributed by atoms with Crippen molar-refractivity contribution in [2.75, 3.05) is 26.7 Å². The highest BCUT2D eigenvalue weighted by atomic mass is 35.5. The molecule has 26 heavy (non-hydrogen) atoms. The summed E-state index contributed by atoms with van der Waals surface area (Å²) >= 11 is 6.00. The zero-order chi connectivity index (χ0) is 18.7. The van der Waals surface area contributed by atoms with Crippen LogP contribution in [-0.4, -0.2) is 47.3 Å². The fourth-order valence-corrected chi connectivity index (χ4v) is 3.87. The van der Waals surface area contributed by atoms with Gasteiger partial charge >= 0.3 is 0 Å². The molecule has 6 heteroatoms. The number of carbonyl (C=O) groups is 1. The molecule has 0 saturated carbocycles. The number of piperidine rings is 1. The van der Waals surface area contributed by atoms with Gasteiger partial charge in [0.05, 0.1) is 23.1 Å². The first-order valence-corrected chi connectivity index (χ1v) is 9.66. The summed E-state index contributed by atoms with van der Waals surface area (Å²) in [6.07, 6.45) is 3.94. The molecule has 140 valence electrons. The average Bonchev–Trinajstić information content (AvgIpc) is 3.07. The van der Waals surface area contributed by atoms with Gasteiger partial charge in [-0.15, -0.1) is 0 Å². The lowest BCUT2D eigenvalue weighted by Gasteiger charge is -2.33. The highest BCUT2D eigenvalue weighted by Crippen LogP contribution is 2.26. The summed E-state index contributed by atoms with van der Waals surface area (Å²) in [6.45, 7) is 6.78. The molecule has 1 aromatic heterocycles. The van der Waals surface area contributed by atoms with Crippen LogP contribution in [0.1, 0.15) is 48.7 Å². The van der Waals surface area contributed by atoms with E-state index in [1.165, 1.54) is 6.42 Å². The number of benzene rings is 1. The summed E-state index contributed by atoms with van der Waals surface area (Å²) in [6, 6.07) is 7.55. The third-order valence-corrected chi connectivity index (χ3v) is 5.21. The fourth-order valence-electron chi connectivity index (χ4n) is 3.74. The van der Waals surface area contributed by atoms with E-state index in [2.05, 4.69) is 24.3 Å². The van der Waals surface area contributed by atoms with Gasteiger partial charge in [-0.2, -0.15) is 5.10 Å². The first-order chi connectivity index (χ1) is 12.5. The first kappa shape index (κ1) is 18.9. The maximum Gasteiger partial charge on any atom is 0.257 e. The summed E-state index contributed by atoms with van der Waals surface area (Å²) in [7, 11) is 1.97. The number of hydrogen-bond acceptors (Lipinski definition) is 3. The largest absolute Gasteiger partial charge is 0.338 e. The number of halogens is 1. The number of hydrogen-bond donors (Lipinski definition) is 1. The Bertz CT molecular complexity index is 752. The van der Waals surface area contributed by atoms with E-state index >= 15 is 0 Å². The van der Waals surface area contributed by atoms with E-state index < -0.39 is 0 Å². The van der Waals surface area contributed by atoms with Crippen molar-refractivity contribution in [2.45, 2.75) is 32.6 Å². The SMILES string of the molecule is CNCC1CCCN(C(=O)c2cnn(-c3ccc(Cl)cc3)c2C(C)C)C1. The van der Waals surface area contributed by atoms with Crippen molar-refractivity contribution in [1.29, 1.82) is 0 Å². The maximum atomic E-state index is 13.2. The van der Waals surface area contributed by atoms with Gasteiger partial charge in [0.15, 0.2) is 0 Å². The van der Waals surface area contributed by atoms with Crippen LogP contribution in [0.25, 0.3) is 5.69 Å². The number of likely N-dealkylation sites (tertiary alicyclic amines) is 1. The number of nitrogens with one attached hydrogen (secondary N) is 1. The van der Waals surface area contributed by atoms with Gasteiger partial charge in [-0.1, -0.05) is 25.4 Å². The average molecular weight is 375 g/mol. The van der Waals surface area contributed by atoms with E-state index in [-0.39, 0.29) is 11.8 Å². The molecule has 1 fully saturated rings. The van der Waals surface area contributed by atoms with Crippen LogP contribution in [0.4, 0.5) is 0 Å². The van der Waals surface area contributed by atoms with Crippen LogP contribution >= 0.6 is 11.6 Å². The maximum absolute atomic E-state index is 13.2. The van der Waals surface area contributed by atoms with E-state index in [1.54, 1.807) is 6.20 Å². The molecule has 1 atom stereocenters. The number of rotatable bonds is 5. The Kier molecular flexibility index (Phi) is 5.99. The van der Waals surface area contributed by atoms with Crippen LogP contribution < -0.4 is 5.32 Å². The van der Waals surface area contributed by atoms with Gasteiger partial charge in [-0.3, -0.25) is 4.79 Å². The first-order valence-electron chi connectivity index (χ1n) is 9.29. The quantitative estimate of drug-likeness (QED) is 0.867. The minimum Gasteiger partial charge on any atom is -0.338 e. The van der Waals surface area contributed by atoms with E-state index in [1.807, 2.05) is 40.9 Å². The predicted octanol–water partition coefficient (Wildman–Crippen LogP) is 3.72. The minimum absolute atomic E-state index is 0.0923. The molecular weight excluding hydrogens is 348 g/mol. The third-order valence-electron chi connectivity index (χ3n) is 4.95. The molecule has 2 heterocycles. The Morgan fingerprint density at radius 2 is 2.08 bits per heavy atom. The molecule has 1 aromatic carbocycles. The monoisotopic (exact) mass is 374 g/mol. The van der Waals surface area contributed by atoms with E-state index in [4.69, 9.17) is 11.6 Å². The smallest absolute Gasteiger partial charge is 0.257 e. The van der Waals surface area contributed by atoms with E-state index in [0.29, 0.717) is 16.5 Å². The van der Waals surface area contributed by atoms with Crippen molar-refractivity contribution >= 4 is 17.5 Å². The van der Waals surface area contributed by atoms with Gasteiger partial charge in [0.2, 0.25) is 0 Å². The van der Waals surface area contributed by atoms with Crippen molar-refractivity contribution < 1.29 is 4.79 Å².